The lowest BCUT2D eigenvalue weighted by atomic mass is 10.1. The Bertz CT molecular complexity index is 1310. The highest BCUT2D eigenvalue weighted by Crippen LogP contribution is 2.34. The first-order chi connectivity index (χ1) is 16.7. The lowest BCUT2D eigenvalue weighted by Crippen LogP contribution is -2.18. The predicted molar refractivity (Wildman–Crippen MR) is 133 cm³/mol. The molecule has 35 heavy (non-hydrogen) atoms. The number of phenols is 1. The molecule has 0 heterocycles. The van der Waals surface area contributed by atoms with Crippen LogP contribution in [0.2, 0.25) is 0 Å². The molecule has 0 atom stereocenters. The molecule has 3 rings (SSSR count). The average Bonchev–Trinajstić information content (AvgIpc) is 2.83. The molecule has 0 aliphatic rings. The number of nitrogens with one attached hydrogen (secondary N) is 1. The Labute approximate surface area is 211 Å². The number of ether oxygens (including phenoxy) is 2. The van der Waals surface area contributed by atoms with E-state index >= 15 is 0 Å². The van der Waals surface area contributed by atoms with Crippen LogP contribution in [0.4, 0.5) is 11.4 Å². The van der Waals surface area contributed by atoms with E-state index in [0.29, 0.717) is 20.6 Å². The van der Waals surface area contributed by atoms with E-state index in [1.807, 2.05) is 22.6 Å². The summed E-state index contributed by atoms with van der Waals surface area (Å²) in [7, 11) is 1.46. The van der Waals surface area contributed by atoms with Crippen molar-refractivity contribution in [3.63, 3.8) is 0 Å². The summed E-state index contributed by atoms with van der Waals surface area (Å²) in [5.74, 6) is -0.404. The molecule has 0 bridgehead atoms. The summed E-state index contributed by atoms with van der Waals surface area (Å²) in [5.41, 5.74) is 2.84. The Hall–Kier alpha value is -4.27. The lowest BCUT2D eigenvalue weighted by Gasteiger charge is -2.13. The van der Waals surface area contributed by atoms with Crippen molar-refractivity contribution >= 4 is 46.1 Å². The number of hydrogen-bond acceptors (Lipinski definition) is 9. The van der Waals surface area contributed by atoms with Crippen LogP contribution in [0.25, 0.3) is 0 Å². The number of hydrazone groups is 1. The number of amides is 1. The van der Waals surface area contributed by atoms with Gasteiger partial charge in [-0.15, -0.1) is 0 Å². The van der Waals surface area contributed by atoms with Crippen molar-refractivity contribution in [3.05, 3.63) is 95.1 Å². The molecule has 0 fully saturated rings. The molecule has 3 aromatic rings. The van der Waals surface area contributed by atoms with Gasteiger partial charge in [-0.25, -0.2) is 5.43 Å². The van der Waals surface area contributed by atoms with E-state index in [9.17, 15) is 30.1 Å². The number of carbonyl (C=O) groups is 1. The molecule has 12 nitrogen and oxygen atoms in total. The van der Waals surface area contributed by atoms with Gasteiger partial charge in [-0.05, 0) is 64.0 Å². The van der Waals surface area contributed by atoms with Crippen molar-refractivity contribution in [1.29, 1.82) is 0 Å². The minimum Gasteiger partial charge on any atom is -0.507 e. The topological polar surface area (TPSA) is 166 Å². The van der Waals surface area contributed by atoms with Crippen LogP contribution in [0.1, 0.15) is 21.5 Å². The van der Waals surface area contributed by atoms with E-state index in [-0.39, 0.29) is 23.5 Å². The molecule has 1 amide bonds. The Kier molecular flexibility index (Phi) is 8.14. The van der Waals surface area contributed by atoms with Gasteiger partial charge in [0.25, 0.3) is 17.3 Å². The van der Waals surface area contributed by atoms with Gasteiger partial charge >= 0.3 is 0 Å². The number of benzene rings is 3. The number of nitrogens with zero attached hydrogens (tertiary/aromatic N) is 3. The second-order valence-corrected chi connectivity index (χ2v) is 8.07. The maximum absolute atomic E-state index is 12.3. The maximum Gasteiger partial charge on any atom is 0.275 e. The van der Waals surface area contributed by atoms with Crippen LogP contribution in [0, 0.1) is 23.8 Å². The van der Waals surface area contributed by atoms with Crippen molar-refractivity contribution < 1.29 is 29.2 Å². The van der Waals surface area contributed by atoms with Gasteiger partial charge in [0, 0.05) is 24.3 Å². The van der Waals surface area contributed by atoms with Gasteiger partial charge in [-0.3, -0.25) is 25.0 Å². The number of hydrogen-bond donors (Lipinski definition) is 2. The number of methoxy groups -OCH3 is 1. The molecule has 0 saturated carbocycles. The summed E-state index contributed by atoms with van der Waals surface area (Å²) < 4.78 is 11.9. The predicted octanol–water partition coefficient (Wildman–Crippen LogP) is 4.16. The number of non-ortho nitro benzene ring substituents is 2. The number of phenolic OH excluding ortho intramolecular Hbond substituents is 1. The SMILES string of the molecule is COc1cc(/C=N\NC(=O)c2cc([N+](=O)[O-])ccc2O)cc(I)c1OCc1ccc([N+](=O)[O-])cc1. The van der Waals surface area contributed by atoms with Crippen LogP contribution in [-0.4, -0.2) is 34.2 Å². The normalized spacial score (nSPS) is 10.7. The minimum absolute atomic E-state index is 0.0163. The molecule has 13 heteroatoms. The van der Waals surface area contributed by atoms with Crippen LogP contribution in [-0.2, 0) is 6.61 Å². The van der Waals surface area contributed by atoms with Gasteiger partial charge in [0.15, 0.2) is 11.5 Å². The second kappa shape index (κ2) is 11.2. The molecule has 0 spiro atoms. The van der Waals surface area contributed by atoms with Gasteiger partial charge in [0.05, 0.1) is 32.3 Å². The van der Waals surface area contributed by atoms with Crippen molar-refractivity contribution in [2.75, 3.05) is 7.11 Å². The van der Waals surface area contributed by atoms with E-state index < -0.39 is 21.5 Å². The number of carbonyl (C=O) groups excluding carboxylic acids is 1. The molecule has 0 saturated heterocycles. The first-order valence-electron chi connectivity index (χ1n) is 9.74. The average molecular weight is 592 g/mol. The molecule has 0 aliphatic heterocycles. The third-order valence-corrected chi connectivity index (χ3v) is 5.40. The molecule has 0 aromatic heterocycles. The van der Waals surface area contributed by atoms with Crippen molar-refractivity contribution in [2.45, 2.75) is 6.61 Å². The highest BCUT2D eigenvalue weighted by atomic mass is 127. The second-order valence-electron chi connectivity index (χ2n) is 6.90. The molecular weight excluding hydrogens is 575 g/mol. The highest BCUT2D eigenvalue weighted by molar-refractivity contribution is 14.1. The Morgan fingerprint density at radius 3 is 2.37 bits per heavy atom. The fourth-order valence-corrected chi connectivity index (χ4v) is 3.65. The minimum atomic E-state index is -0.827. The fourth-order valence-electron chi connectivity index (χ4n) is 2.87. The van der Waals surface area contributed by atoms with E-state index in [4.69, 9.17) is 9.47 Å². The van der Waals surface area contributed by atoms with Gasteiger partial charge in [0.2, 0.25) is 0 Å². The third kappa shape index (κ3) is 6.41. The van der Waals surface area contributed by atoms with Crippen LogP contribution in [0.3, 0.4) is 0 Å². The van der Waals surface area contributed by atoms with Crippen LogP contribution < -0.4 is 14.9 Å². The summed E-state index contributed by atoms with van der Waals surface area (Å²) >= 11 is 2.04. The van der Waals surface area contributed by atoms with Crippen LogP contribution in [0.5, 0.6) is 17.2 Å². The van der Waals surface area contributed by atoms with Gasteiger partial charge in [0.1, 0.15) is 12.4 Å². The third-order valence-electron chi connectivity index (χ3n) is 4.60. The van der Waals surface area contributed by atoms with Gasteiger partial charge in [-0.2, -0.15) is 5.10 Å². The number of aromatic hydroxyl groups is 1. The zero-order chi connectivity index (χ0) is 25.5. The Morgan fingerprint density at radius 2 is 1.74 bits per heavy atom. The van der Waals surface area contributed by atoms with Crippen molar-refractivity contribution in [1.82, 2.24) is 5.43 Å². The zero-order valence-corrected chi connectivity index (χ0v) is 20.2. The molecular formula is C22H17IN4O8. The molecule has 3 aromatic carbocycles. The first kappa shape index (κ1) is 25.4. The smallest absolute Gasteiger partial charge is 0.275 e. The van der Waals surface area contributed by atoms with Crippen LogP contribution >= 0.6 is 22.6 Å². The molecule has 2 N–H and O–H groups in total. The summed E-state index contributed by atoms with van der Waals surface area (Å²) in [6, 6.07) is 12.4. The molecule has 0 unspecified atom stereocenters. The van der Waals surface area contributed by atoms with Crippen molar-refractivity contribution in [3.8, 4) is 17.2 Å². The van der Waals surface area contributed by atoms with Gasteiger partial charge in [-0.1, -0.05) is 0 Å². The van der Waals surface area contributed by atoms with Gasteiger partial charge < -0.3 is 14.6 Å². The number of nitro benzene ring substituents is 2. The first-order valence-corrected chi connectivity index (χ1v) is 10.8. The quantitative estimate of drug-likeness (QED) is 0.162. The summed E-state index contributed by atoms with van der Waals surface area (Å²) in [6.07, 6.45) is 1.33. The summed E-state index contributed by atoms with van der Waals surface area (Å²) in [4.78, 5) is 32.8. The van der Waals surface area contributed by atoms with Crippen LogP contribution in [0.15, 0.2) is 59.7 Å². The maximum atomic E-state index is 12.3. The monoisotopic (exact) mass is 592 g/mol. The number of halogens is 1. The fraction of sp³-hybridized carbons (Fsp3) is 0.0909. The van der Waals surface area contributed by atoms with E-state index in [1.54, 1.807) is 24.3 Å². The number of nitro groups is 2. The highest BCUT2D eigenvalue weighted by Gasteiger charge is 2.16. The summed E-state index contributed by atoms with van der Waals surface area (Å²) in [5, 5.41) is 35.3. The zero-order valence-electron chi connectivity index (χ0n) is 18.0. The largest absolute Gasteiger partial charge is 0.507 e. The molecule has 0 aliphatic carbocycles. The van der Waals surface area contributed by atoms with E-state index in [2.05, 4.69) is 10.5 Å². The van der Waals surface area contributed by atoms with E-state index in [0.717, 1.165) is 23.8 Å². The Balaban J connectivity index is 1.70. The molecule has 0 radical (unpaired) electrons. The van der Waals surface area contributed by atoms with Crippen molar-refractivity contribution in [2.24, 2.45) is 5.10 Å². The lowest BCUT2D eigenvalue weighted by molar-refractivity contribution is -0.385. The van der Waals surface area contributed by atoms with E-state index in [1.165, 1.54) is 25.5 Å². The summed E-state index contributed by atoms with van der Waals surface area (Å²) in [6.45, 7) is 0.153. The molecule has 180 valence electrons. The number of rotatable bonds is 9. The Morgan fingerprint density at radius 1 is 1.09 bits per heavy atom. The standard InChI is InChI=1S/C22H17IN4O8/c1-34-20-9-14(11-24-25-22(29)17-10-16(27(32)33)6-7-19(17)28)8-18(23)21(20)35-12-13-2-4-15(5-3-13)26(30)31/h2-11,28H,12H2,1H3,(H,25,29)/b24-11-.